The monoisotopic (exact) mass is 371 g/mol. The van der Waals surface area contributed by atoms with Gasteiger partial charge in [-0.1, -0.05) is 12.1 Å². The van der Waals surface area contributed by atoms with Crippen LogP contribution >= 0.6 is 0 Å². The lowest BCUT2D eigenvalue weighted by molar-refractivity contribution is 0.178. The third-order valence-electron chi connectivity index (χ3n) is 4.65. The van der Waals surface area contributed by atoms with E-state index in [0.29, 0.717) is 13.1 Å². The molecule has 0 spiro atoms. The molecule has 0 bridgehead atoms. The molecule has 1 aliphatic rings. The minimum atomic E-state index is -0.0125. The van der Waals surface area contributed by atoms with Crippen LogP contribution < -0.4 is 10.1 Å². The van der Waals surface area contributed by atoms with E-state index in [1.807, 2.05) is 43.9 Å². The number of likely N-dealkylation sites (tertiary alicyclic amines) is 1. The first kappa shape index (κ1) is 19.2. The van der Waals surface area contributed by atoms with Gasteiger partial charge in [0.05, 0.1) is 6.10 Å². The molecular weight excluding hydrogens is 342 g/mol. The van der Waals surface area contributed by atoms with Crippen molar-refractivity contribution in [3.8, 4) is 5.75 Å². The van der Waals surface area contributed by atoms with E-state index in [1.54, 1.807) is 0 Å². The number of ether oxygens (including phenoxy) is 1. The van der Waals surface area contributed by atoms with Gasteiger partial charge in [-0.2, -0.15) is 5.10 Å². The summed E-state index contributed by atoms with van der Waals surface area (Å²) < 4.78 is 5.72. The summed E-state index contributed by atoms with van der Waals surface area (Å²) in [4.78, 5) is 18.8. The van der Waals surface area contributed by atoms with Gasteiger partial charge in [0.15, 0.2) is 5.82 Å². The molecule has 1 saturated heterocycles. The maximum Gasteiger partial charge on any atom is 0.317 e. The largest absolute Gasteiger partial charge is 0.491 e. The van der Waals surface area contributed by atoms with Crippen LogP contribution in [0.5, 0.6) is 5.75 Å². The number of hydrogen-bond donors (Lipinski definition) is 2. The minimum absolute atomic E-state index is 0.0125. The molecule has 0 aliphatic carbocycles. The number of nitrogens with one attached hydrogen (secondary N) is 2. The van der Waals surface area contributed by atoms with Gasteiger partial charge in [0, 0.05) is 25.6 Å². The molecule has 7 nitrogen and oxygen atoms in total. The van der Waals surface area contributed by atoms with Gasteiger partial charge in [0.1, 0.15) is 11.6 Å². The average molecular weight is 371 g/mol. The third-order valence-corrected chi connectivity index (χ3v) is 4.65. The molecule has 1 atom stereocenters. The summed E-state index contributed by atoms with van der Waals surface area (Å²) in [7, 11) is 0. The molecule has 27 heavy (non-hydrogen) atoms. The second kappa shape index (κ2) is 8.88. The van der Waals surface area contributed by atoms with Crippen molar-refractivity contribution < 1.29 is 9.53 Å². The maximum absolute atomic E-state index is 12.5. The average Bonchev–Trinajstić information content (AvgIpc) is 3.08. The van der Waals surface area contributed by atoms with Crippen molar-refractivity contribution in [2.45, 2.75) is 52.1 Å². The first-order chi connectivity index (χ1) is 13.0. The fourth-order valence-electron chi connectivity index (χ4n) is 3.39. The Balaban J connectivity index is 1.47. The minimum Gasteiger partial charge on any atom is -0.491 e. The number of urea groups is 1. The zero-order chi connectivity index (χ0) is 19.2. The van der Waals surface area contributed by atoms with Crippen molar-refractivity contribution in [3.63, 3.8) is 0 Å². The molecule has 2 heterocycles. The van der Waals surface area contributed by atoms with Gasteiger partial charge in [-0.25, -0.2) is 9.78 Å². The van der Waals surface area contributed by atoms with E-state index < -0.39 is 0 Å². The standard InChI is InChI=1S/C20H29N5O2/c1-14(2)27-18-8-4-6-16(12-18)9-10-21-20(26)25-11-5-7-17(13-25)19-22-15(3)23-24-19/h4,6,8,12,14,17H,5,7,9-11,13H2,1-3H3,(H,21,26)(H,22,23,24)/t17-/m0/s1. The van der Waals surface area contributed by atoms with Gasteiger partial charge in [-0.15, -0.1) is 0 Å². The quantitative estimate of drug-likeness (QED) is 0.818. The smallest absolute Gasteiger partial charge is 0.317 e. The molecule has 2 amide bonds. The van der Waals surface area contributed by atoms with Crippen LogP contribution in [-0.4, -0.2) is 51.9 Å². The van der Waals surface area contributed by atoms with E-state index in [9.17, 15) is 4.79 Å². The van der Waals surface area contributed by atoms with Crippen LogP contribution in [0.25, 0.3) is 0 Å². The number of aryl methyl sites for hydroxylation is 1. The van der Waals surface area contributed by atoms with Gasteiger partial charge in [-0.3, -0.25) is 5.10 Å². The number of benzene rings is 1. The second-order valence-electron chi connectivity index (χ2n) is 7.36. The summed E-state index contributed by atoms with van der Waals surface area (Å²) in [6.07, 6.45) is 2.92. The molecule has 0 unspecified atom stereocenters. The van der Waals surface area contributed by atoms with E-state index in [-0.39, 0.29) is 18.1 Å². The molecule has 2 aromatic rings. The number of carbonyl (C=O) groups excluding carboxylic acids is 1. The molecule has 3 rings (SSSR count). The first-order valence-corrected chi connectivity index (χ1v) is 9.68. The molecule has 0 saturated carbocycles. The predicted octanol–water partition coefficient (Wildman–Crippen LogP) is 3.03. The van der Waals surface area contributed by atoms with Gasteiger partial charge in [0.2, 0.25) is 0 Å². The summed E-state index contributed by atoms with van der Waals surface area (Å²) in [6, 6.07) is 8.03. The van der Waals surface area contributed by atoms with Crippen molar-refractivity contribution in [1.29, 1.82) is 0 Å². The maximum atomic E-state index is 12.5. The van der Waals surface area contributed by atoms with Crippen LogP contribution in [0.3, 0.4) is 0 Å². The summed E-state index contributed by atoms with van der Waals surface area (Å²) in [5, 5.41) is 10.2. The lowest BCUT2D eigenvalue weighted by Gasteiger charge is -2.31. The van der Waals surface area contributed by atoms with E-state index in [1.165, 1.54) is 0 Å². The Morgan fingerprint density at radius 2 is 2.30 bits per heavy atom. The lowest BCUT2D eigenvalue weighted by atomic mass is 9.98. The van der Waals surface area contributed by atoms with Crippen molar-refractivity contribution in [2.75, 3.05) is 19.6 Å². The summed E-state index contributed by atoms with van der Waals surface area (Å²) in [5.74, 6) is 2.70. The first-order valence-electron chi connectivity index (χ1n) is 9.68. The Morgan fingerprint density at radius 1 is 1.44 bits per heavy atom. The van der Waals surface area contributed by atoms with Crippen LogP contribution in [0.1, 0.15) is 49.8 Å². The number of aromatic amines is 1. The predicted molar refractivity (Wildman–Crippen MR) is 104 cm³/mol. The van der Waals surface area contributed by atoms with Crippen molar-refractivity contribution >= 4 is 6.03 Å². The van der Waals surface area contributed by atoms with Crippen molar-refractivity contribution in [1.82, 2.24) is 25.4 Å². The highest BCUT2D eigenvalue weighted by atomic mass is 16.5. The fraction of sp³-hybridized carbons (Fsp3) is 0.550. The summed E-state index contributed by atoms with van der Waals surface area (Å²) >= 11 is 0. The molecule has 1 aromatic carbocycles. The summed E-state index contributed by atoms with van der Waals surface area (Å²) in [6.45, 7) is 7.97. The van der Waals surface area contributed by atoms with E-state index >= 15 is 0 Å². The zero-order valence-corrected chi connectivity index (χ0v) is 16.4. The molecule has 2 N–H and O–H groups in total. The Morgan fingerprint density at radius 3 is 3.04 bits per heavy atom. The van der Waals surface area contributed by atoms with E-state index in [0.717, 1.165) is 48.8 Å². The number of piperidine rings is 1. The number of amides is 2. The second-order valence-corrected chi connectivity index (χ2v) is 7.36. The van der Waals surface area contributed by atoms with Crippen LogP contribution in [-0.2, 0) is 6.42 Å². The Labute approximate surface area is 160 Å². The van der Waals surface area contributed by atoms with E-state index in [2.05, 4.69) is 26.6 Å². The number of aromatic nitrogens is 3. The SMILES string of the molecule is Cc1nc([C@H]2CCCN(C(=O)NCCc3cccc(OC(C)C)c3)C2)n[nH]1. The van der Waals surface area contributed by atoms with Crippen LogP contribution in [0, 0.1) is 6.92 Å². The molecule has 7 heteroatoms. The Kier molecular flexibility index (Phi) is 6.32. The van der Waals surface area contributed by atoms with Crippen LogP contribution in [0.15, 0.2) is 24.3 Å². The molecular formula is C20H29N5O2. The fourth-order valence-corrected chi connectivity index (χ4v) is 3.39. The number of H-pyrrole nitrogens is 1. The van der Waals surface area contributed by atoms with Gasteiger partial charge >= 0.3 is 6.03 Å². The topological polar surface area (TPSA) is 83.1 Å². The number of nitrogens with zero attached hydrogens (tertiary/aromatic N) is 3. The van der Waals surface area contributed by atoms with Crippen LogP contribution in [0.4, 0.5) is 4.79 Å². The lowest BCUT2D eigenvalue weighted by Crippen LogP contribution is -2.45. The normalized spacial score (nSPS) is 17.2. The molecule has 1 fully saturated rings. The van der Waals surface area contributed by atoms with Crippen LogP contribution in [0.2, 0.25) is 0 Å². The van der Waals surface area contributed by atoms with Gasteiger partial charge in [0.25, 0.3) is 0 Å². The number of carbonyl (C=O) groups is 1. The van der Waals surface area contributed by atoms with E-state index in [4.69, 9.17) is 4.74 Å². The van der Waals surface area contributed by atoms with Gasteiger partial charge in [-0.05, 0) is 57.7 Å². The Hall–Kier alpha value is -2.57. The third kappa shape index (κ3) is 5.45. The Bertz CT molecular complexity index is 758. The summed E-state index contributed by atoms with van der Waals surface area (Å²) in [5.41, 5.74) is 1.15. The highest BCUT2D eigenvalue weighted by molar-refractivity contribution is 5.74. The molecule has 1 aliphatic heterocycles. The highest BCUT2D eigenvalue weighted by Crippen LogP contribution is 2.24. The van der Waals surface area contributed by atoms with Crippen molar-refractivity contribution in [2.24, 2.45) is 0 Å². The van der Waals surface area contributed by atoms with Crippen molar-refractivity contribution in [3.05, 3.63) is 41.5 Å². The molecule has 0 radical (unpaired) electrons. The van der Waals surface area contributed by atoms with Gasteiger partial charge < -0.3 is 15.0 Å². The zero-order valence-electron chi connectivity index (χ0n) is 16.4. The highest BCUT2D eigenvalue weighted by Gasteiger charge is 2.26. The number of hydrogen-bond acceptors (Lipinski definition) is 4. The molecule has 146 valence electrons. The molecule has 1 aromatic heterocycles. The number of rotatable bonds is 6.